The van der Waals surface area contributed by atoms with Crippen molar-refractivity contribution in [2.45, 2.75) is 30.6 Å². The molecule has 8 heteroatoms. The molecule has 0 aromatic heterocycles. The highest BCUT2D eigenvalue weighted by Gasteiger charge is 2.35. The van der Waals surface area contributed by atoms with Crippen LogP contribution in [0, 0.1) is 5.92 Å². The van der Waals surface area contributed by atoms with Crippen LogP contribution in [0.4, 0.5) is 0 Å². The number of methoxy groups -OCH3 is 1. The number of likely N-dealkylation sites (tertiary alicyclic amines) is 1. The number of benzene rings is 2. The second kappa shape index (κ2) is 10.8. The maximum Gasteiger partial charge on any atom is 0.244 e. The topological polar surface area (TPSA) is 66.9 Å². The zero-order chi connectivity index (χ0) is 21.8. The molecule has 174 valence electrons. The van der Waals surface area contributed by atoms with Gasteiger partial charge in [0, 0.05) is 12.1 Å². The summed E-state index contributed by atoms with van der Waals surface area (Å²) in [6.45, 7) is 3.26. The highest BCUT2D eigenvalue weighted by molar-refractivity contribution is 7.89. The third-order valence-electron chi connectivity index (χ3n) is 6.40. The Morgan fingerprint density at radius 2 is 1.69 bits per heavy atom. The Labute approximate surface area is 197 Å². The van der Waals surface area contributed by atoms with Crippen LogP contribution >= 0.6 is 12.4 Å². The molecule has 0 atom stereocenters. The monoisotopic (exact) mass is 478 g/mol. The molecule has 0 N–H and O–H groups in total. The van der Waals surface area contributed by atoms with Crippen LogP contribution in [0.1, 0.15) is 35.2 Å². The summed E-state index contributed by atoms with van der Waals surface area (Å²) in [7, 11) is -1.90. The molecule has 0 aliphatic carbocycles. The summed E-state index contributed by atoms with van der Waals surface area (Å²) in [5, 5.41) is 0. The molecule has 2 aromatic rings. The average Bonchev–Trinajstić information content (AvgIpc) is 2.79. The summed E-state index contributed by atoms with van der Waals surface area (Å²) in [6, 6.07) is 14.8. The predicted octanol–water partition coefficient (Wildman–Crippen LogP) is 3.65. The zero-order valence-electron chi connectivity index (χ0n) is 18.4. The first-order valence-electron chi connectivity index (χ1n) is 10.9. The molecular formula is C24H31ClN2O4S. The largest absolute Gasteiger partial charge is 0.497 e. The number of hydrogen-bond donors (Lipinski definition) is 0. The van der Waals surface area contributed by atoms with Gasteiger partial charge in [0.15, 0.2) is 5.78 Å². The smallest absolute Gasteiger partial charge is 0.244 e. The Balaban J connectivity index is 0.00000289. The first-order chi connectivity index (χ1) is 15.0. The molecule has 0 amide bonds. The van der Waals surface area contributed by atoms with Crippen molar-refractivity contribution in [1.82, 2.24) is 9.21 Å². The van der Waals surface area contributed by atoms with E-state index in [1.807, 2.05) is 12.1 Å². The summed E-state index contributed by atoms with van der Waals surface area (Å²) >= 11 is 0. The number of nitrogens with zero attached hydrogens (tertiary/aromatic N) is 2. The lowest BCUT2D eigenvalue weighted by Crippen LogP contribution is -2.42. The zero-order valence-corrected chi connectivity index (χ0v) is 20.0. The van der Waals surface area contributed by atoms with Gasteiger partial charge in [0.2, 0.25) is 10.0 Å². The summed E-state index contributed by atoms with van der Waals surface area (Å²) < 4.78 is 32.2. The first kappa shape index (κ1) is 24.7. The first-order valence-corrected chi connectivity index (χ1v) is 12.4. The quantitative estimate of drug-likeness (QED) is 0.607. The minimum absolute atomic E-state index is 0. The predicted molar refractivity (Wildman–Crippen MR) is 127 cm³/mol. The fraction of sp³-hybridized carbons (Fsp3) is 0.458. The van der Waals surface area contributed by atoms with Crippen LogP contribution in [0.15, 0.2) is 53.4 Å². The number of Topliss-reactive ketones (excluding diaryl/α,β-unsaturated/α-hetero) is 1. The van der Waals surface area contributed by atoms with Gasteiger partial charge in [-0.1, -0.05) is 24.3 Å². The van der Waals surface area contributed by atoms with Gasteiger partial charge >= 0.3 is 0 Å². The number of halogens is 1. The minimum Gasteiger partial charge on any atom is -0.497 e. The summed E-state index contributed by atoms with van der Waals surface area (Å²) in [5.74, 6) is 1.45. The lowest BCUT2D eigenvalue weighted by molar-refractivity contribution is 0.0953. The van der Waals surface area contributed by atoms with Gasteiger partial charge in [-0.05, 0) is 81.1 Å². The number of fused-ring (bicyclic) bond motifs is 1. The third-order valence-corrected chi connectivity index (χ3v) is 8.30. The average molecular weight is 479 g/mol. The maximum atomic E-state index is 12.8. The standard InChI is InChI=1S/C24H30N2O4S.ClH/c1-30-21-9-7-19(8-10-21)17-20-11-15-25(16-12-20)13-4-14-26-18-23(27)22-5-2-3-6-24(22)31(26,28)29;/h2-3,5-10,20H,4,11-18H2,1H3;1H. The molecular weight excluding hydrogens is 448 g/mol. The fourth-order valence-corrected chi connectivity index (χ4v) is 6.22. The Kier molecular flexibility index (Phi) is 8.33. The maximum absolute atomic E-state index is 12.8. The Morgan fingerprint density at radius 3 is 2.38 bits per heavy atom. The summed E-state index contributed by atoms with van der Waals surface area (Å²) in [5.41, 5.74) is 1.66. The van der Waals surface area contributed by atoms with Crippen LogP contribution in [0.3, 0.4) is 0 Å². The second-order valence-corrected chi connectivity index (χ2v) is 10.4. The van der Waals surface area contributed by atoms with Crippen molar-refractivity contribution in [2.24, 2.45) is 5.92 Å². The van der Waals surface area contributed by atoms with E-state index in [2.05, 4.69) is 17.0 Å². The van der Waals surface area contributed by atoms with Crippen molar-refractivity contribution in [1.29, 1.82) is 0 Å². The van der Waals surface area contributed by atoms with E-state index in [0.29, 0.717) is 18.0 Å². The van der Waals surface area contributed by atoms with E-state index in [1.54, 1.807) is 25.3 Å². The number of ketones is 1. The number of piperidine rings is 1. The second-order valence-electron chi connectivity index (χ2n) is 8.45. The highest BCUT2D eigenvalue weighted by atomic mass is 35.5. The molecule has 2 heterocycles. The lowest BCUT2D eigenvalue weighted by atomic mass is 9.90. The molecule has 2 aromatic carbocycles. The van der Waals surface area contributed by atoms with E-state index in [0.717, 1.165) is 51.1 Å². The van der Waals surface area contributed by atoms with Crippen molar-refractivity contribution in [3.8, 4) is 5.75 Å². The van der Waals surface area contributed by atoms with Crippen LogP contribution in [0.2, 0.25) is 0 Å². The van der Waals surface area contributed by atoms with Gasteiger partial charge in [0.25, 0.3) is 0 Å². The fourth-order valence-electron chi connectivity index (χ4n) is 4.57. The molecule has 4 rings (SSSR count). The Bertz CT molecular complexity index is 1020. The third kappa shape index (κ3) is 5.52. The van der Waals surface area contributed by atoms with Crippen LogP contribution < -0.4 is 4.74 Å². The molecule has 0 radical (unpaired) electrons. The molecule has 0 bridgehead atoms. The molecule has 6 nitrogen and oxygen atoms in total. The van der Waals surface area contributed by atoms with Gasteiger partial charge in [-0.3, -0.25) is 4.79 Å². The van der Waals surface area contributed by atoms with E-state index in [1.165, 1.54) is 15.9 Å². The number of rotatable bonds is 7. The van der Waals surface area contributed by atoms with Crippen LogP contribution in [0.25, 0.3) is 0 Å². The Hall–Kier alpha value is -1.93. The lowest BCUT2D eigenvalue weighted by Gasteiger charge is -2.33. The van der Waals surface area contributed by atoms with Gasteiger partial charge in [-0.2, -0.15) is 4.31 Å². The van der Waals surface area contributed by atoms with Crippen LogP contribution in [0.5, 0.6) is 5.75 Å². The van der Waals surface area contributed by atoms with E-state index in [9.17, 15) is 13.2 Å². The number of ether oxygens (including phenoxy) is 1. The van der Waals surface area contributed by atoms with Crippen LogP contribution in [-0.2, 0) is 16.4 Å². The number of carbonyl (C=O) groups excluding carboxylic acids is 1. The van der Waals surface area contributed by atoms with Gasteiger partial charge in [-0.15, -0.1) is 12.4 Å². The molecule has 2 aliphatic heterocycles. The van der Waals surface area contributed by atoms with Crippen molar-refractivity contribution in [3.63, 3.8) is 0 Å². The molecule has 0 unspecified atom stereocenters. The van der Waals surface area contributed by atoms with Crippen molar-refractivity contribution >= 4 is 28.2 Å². The highest BCUT2D eigenvalue weighted by Crippen LogP contribution is 2.27. The van der Waals surface area contributed by atoms with Gasteiger partial charge in [0.05, 0.1) is 18.6 Å². The van der Waals surface area contributed by atoms with Crippen molar-refractivity contribution < 1.29 is 17.9 Å². The summed E-state index contributed by atoms with van der Waals surface area (Å²) in [6.07, 6.45) is 4.13. The van der Waals surface area contributed by atoms with Crippen molar-refractivity contribution in [2.75, 3.05) is 39.8 Å². The SMILES string of the molecule is COc1ccc(CC2CCN(CCCN3CC(=O)c4ccccc4S3(=O)=O)CC2)cc1.Cl. The molecule has 32 heavy (non-hydrogen) atoms. The molecule has 2 aliphatic rings. The van der Waals surface area contributed by atoms with Crippen LogP contribution in [-0.4, -0.2) is 63.2 Å². The van der Waals surface area contributed by atoms with E-state index >= 15 is 0 Å². The Morgan fingerprint density at radius 1 is 1.00 bits per heavy atom. The number of sulfonamides is 1. The summed E-state index contributed by atoms with van der Waals surface area (Å²) in [4.78, 5) is 14.9. The number of carbonyl (C=O) groups is 1. The van der Waals surface area contributed by atoms with Gasteiger partial charge in [-0.25, -0.2) is 8.42 Å². The minimum atomic E-state index is -3.58. The number of hydrogen-bond acceptors (Lipinski definition) is 5. The molecule has 0 saturated carbocycles. The van der Waals surface area contributed by atoms with Gasteiger partial charge < -0.3 is 9.64 Å². The normalized spacial score (nSPS) is 19.2. The van der Waals surface area contributed by atoms with E-state index < -0.39 is 10.0 Å². The molecule has 0 spiro atoms. The van der Waals surface area contributed by atoms with Gasteiger partial charge in [0.1, 0.15) is 5.75 Å². The molecule has 1 fully saturated rings. The van der Waals surface area contributed by atoms with E-state index in [-0.39, 0.29) is 29.6 Å². The van der Waals surface area contributed by atoms with E-state index in [4.69, 9.17) is 4.74 Å². The van der Waals surface area contributed by atoms with Crippen molar-refractivity contribution in [3.05, 3.63) is 59.7 Å². The molecule has 1 saturated heterocycles.